The van der Waals surface area contributed by atoms with E-state index in [2.05, 4.69) is 56.8 Å². The van der Waals surface area contributed by atoms with Crippen molar-refractivity contribution in [2.75, 3.05) is 26.7 Å². The molecular weight excluding hydrogens is 1920 g/mol. The number of rotatable bonds is 43. The summed E-state index contributed by atoms with van der Waals surface area (Å²) in [5.41, 5.74) is -8.08. The number of methoxy groups -OCH3 is 1. The van der Waals surface area contributed by atoms with Gasteiger partial charge in [0.25, 0.3) is 17.7 Å². The van der Waals surface area contributed by atoms with E-state index in [0.29, 0.717) is 117 Å². The molecule has 11 rings (SSSR count). The Morgan fingerprint density at radius 2 is 0.755 bits per heavy atom. The Labute approximate surface area is 808 Å². The quantitative estimate of drug-likeness (QED) is 0.00627. The fourth-order valence-corrected chi connectivity index (χ4v) is 15.0. The van der Waals surface area contributed by atoms with Gasteiger partial charge in [0, 0.05) is 80.1 Å². The van der Waals surface area contributed by atoms with Gasteiger partial charge in [-0.1, -0.05) is 166 Å². The second-order valence-corrected chi connectivity index (χ2v) is 33.0. The number of aliphatic hydroxyl groups excluding tert-OH is 1. The Hall–Kier alpha value is -14.1. The van der Waals surface area contributed by atoms with E-state index >= 15 is 8.78 Å². The summed E-state index contributed by atoms with van der Waals surface area (Å²) in [4.78, 5) is 65.2. The lowest BCUT2D eigenvalue weighted by Crippen LogP contribution is -2.52. The molecule has 0 saturated heterocycles. The predicted octanol–water partition coefficient (Wildman–Crippen LogP) is 24.5. The Balaban J connectivity index is 0.000000242. The Morgan fingerprint density at radius 1 is 0.385 bits per heavy atom. The zero-order valence-corrected chi connectivity index (χ0v) is 76.9. The number of esters is 1. The predicted molar refractivity (Wildman–Crippen MR) is 487 cm³/mol. The number of aliphatic hydroxyl groups is 1. The number of nitrogens with one attached hydrogen (secondary N) is 6. The lowest BCUT2D eigenvalue weighted by atomic mass is 9.77. The summed E-state index contributed by atoms with van der Waals surface area (Å²) in [6.07, 6.45) is -23.8. The average Bonchev–Trinajstić information content (AvgIpc) is 0.766. The van der Waals surface area contributed by atoms with Gasteiger partial charge in [-0.25, -0.2) is 39.9 Å². The number of carbonyl (C=O) groups excluding carboxylic acids is 5. The van der Waals surface area contributed by atoms with Crippen molar-refractivity contribution in [3.8, 4) is 29.6 Å². The molecule has 0 fully saturated rings. The summed E-state index contributed by atoms with van der Waals surface area (Å²) in [5.74, 6) is -10.4. The first-order valence-electron chi connectivity index (χ1n) is 44.5. The van der Waals surface area contributed by atoms with E-state index in [9.17, 15) is 117 Å². The standard InChI is InChI=1S/C39H36F8N2O5.C36H34F8N2O3.C30H28F6N2O2/c1-24(40)39(46,47)54-31-21-29(20-30(41)22-31)37(23-25-9-5-3-6-10-25,49-36(52)27-14-17-33(42)32(19-27)38(43,44)45)28-15-12-26(13-16-28)35(51)48-18-8-4-7-11-34(50)53-2;1-3-4-16-45-32(47)24-10-13-26(14-11-24)34(21-23-8-6-5-7-9-23,27-18-28(38)20-29(19-27)49-36(43,44)22(2)37)46-33(48)25-12-15-31(39)30(17-25)35(40,41)42;1-2-3-4-5-9-16-37-28(39)38-29(20-21-10-7-6-8-11-21,22-12-14-24(31)15-13-22)23-17-25(32)19-26(18-23)40-30(35,36)27(33)34/h3,5-6,9-10,12-17,19-22,24H,4,7-8,11,18,23H2,1-2H3,(H,48,51)(H,49,52);5-15,17-20,22,32,45,47H,3-4,16,21H2,1-2H3,(H,46,48);1,6-8,10-15,17-19,27H,3-5,9,16,20H2,(H2,37,38,39)/t24?,37-;22?,32?,34-;29-/m111/s1. The van der Waals surface area contributed by atoms with Crippen molar-refractivity contribution >= 4 is 29.7 Å². The topological polar surface area (TPSA) is 215 Å². The number of halogens is 22. The maximum Gasteiger partial charge on any atom is 0.461 e. The van der Waals surface area contributed by atoms with E-state index in [1.54, 1.807) is 91.0 Å². The summed E-state index contributed by atoms with van der Waals surface area (Å²) in [6, 6.07) is 51.3. The van der Waals surface area contributed by atoms with E-state index in [1.165, 1.54) is 67.8 Å². The maximum atomic E-state index is 15.3. The smallest absolute Gasteiger partial charge is 0.461 e. The third-order valence-electron chi connectivity index (χ3n) is 22.4. The van der Waals surface area contributed by atoms with Gasteiger partial charge < -0.3 is 50.6 Å². The van der Waals surface area contributed by atoms with Crippen LogP contribution in [-0.4, -0.2) is 98.7 Å². The SMILES string of the molecule is C#CCCCCCNC(=O)N[C@](Cc1ccccc1)(c1ccc(F)cc1)c1cc(F)cc(OC(F)(F)C(F)F)c1.CCCCNC(O)c1ccc([C@@](Cc2ccccc2)(NC(=O)c2ccc(F)c(C(F)(F)F)c2)c2cc(F)cc(OC(F)(F)C(C)F)c2)cc1.COC(=O)CCCCCNC(=O)c1ccc([C@@](Cc2ccccc2)(NC(=O)c2ccc(F)c(C(F)(F)F)c2)c2cc(F)cc(OC(F)(F)C(C)F)c2)cc1. The van der Waals surface area contributed by atoms with E-state index in [1.807, 2.05) is 6.92 Å². The first kappa shape index (κ1) is 113. The zero-order chi connectivity index (χ0) is 105. The summed E-state index contributed by atoms with van der Waals surface area (Å²) in [6.45, 7) is 4.09. The number of hydrogen-bond donors (Lipinski definition) is 7. The number of carbonyl (C=O) groups is 5. The molecule has 0 spiro atoms. The highest BCUT2D eigenvalue weighted by atomic mass is 19.4. The zero-order valence-electron chi connectivity index (χ0n) is 76.9. The number of alkyl halides is 16. The average molecular weight is 2020 g/mol. The molecule has 6 atom stereocenters. The first-order valence-corrected chi connectivity index (χ1v) is 44.5. The van der Waals surface area contributed by atoms with Gasteiger partial charge in [0.15, 0.2) is 0 Å². The van der Waals surface area contributed by atoms with Gasteiger partial charge in [-0.05, 0) is 205 Å². The molecule has 7 N–H and O–H groups in total. The monoisotopic (exact) mass is 2020 g/mol. The molecule has 0 bridgehead atoms. The van der Waals surface area contributed by atoms with Gasteiger partial charge >= 0.3 is 49.1 Å². The minimum Gasteiger partial charge on any atom is -0.469 e. The number of unbranched alkanes of at least 4 members (excludes halogenated alkanes) is 6. The van der Waals surface area contributed by atoms with Crippen LogP contribution in [0.15, 0.2) is 255 Å². The highest BCUT2D eigenvalue weighted by Gasteiger charge is 2.48. The maximum absolute atomic E-state index is 15.3. The van der Waals surface area contributed by atoms with Crippen LogP contribution in [0.5, 0.6) is 17.2 Å². The Bertz CT molecular complexity index is 6090. The number of benzene rings is 11. The molecule has 143 heavy (non-hydrogen) atoms. The Kier molecular flexibility index (Phi) is 39.8. The van der Waals surface area contributed by atoms with Gasteiger partial charge in [-0.15, -0.1) is 12.3 Å². The molecule has 0 aliphatic heterocycles. The number of ether oxygens (including phenoxy) is 4. The molecule has 3 unspecified atom stereocenters. The van der Waals surface area contributed by atoms with Crippen LogP contribution in [-0.2, 0) is 57.8 Å². The molecule has 762 valence electrons. The van der Waals surface area contributed by atoms with Gasteiger partial charge in [-0.2, -0.15) is 61.5 Å². The number of terminal acetylenes is 1. The summed E-state index contributed by atoms with van der Waals surface area (Å²) in [5, 5.41) is 27.2. The van der Waals surface area contributed by atoms with Crippen LogP contribution in [0.25, 0.3) is 0 Å². The molecule has 38 heteroatoms. The van der Waals surface area contributed by atoms with Crippen molar-refractivity contribution in [1.29, 1.82) is 0 Å². The van der Waals surface area contributed by atoms with Gasteiger partial charge in [0.05, 0.1) is 34.9 Å². The van der Waals surface area contributed by atoms with Crippen molar-refractivity contribution in [1.82, 2.24) is 31.9 Å². The van der Waals surface area contributed by atoms with Crippen molar-refractivity contribution in [3.63, 3.8) is 0 Å². The molecule has 16 nitrogen and oxygen atoms in total. The number of urea groups is 1. The lowest BCUT2D eigenvalue weighted by Gasteiger charge is -2.37. The highest BCUT2D eigenvalue weighted by molar-refractivity contribution is 5.97. The summed E-state index contributed by atoms with van der Waals surface area (Å²) >= 11 is 0. The van der Waals surface area contributed by atoms with Crippen molar-refractivity contribution < 1.29 is 145 Å². The van der Waals surface area contributed by atoms with Crippen molar-refractivity contribution in [3.05, 3.63) is 373 Å². The van der Waals surface area contributed by atoms with Crippen molar-refractivity contribution in [2.24, 2.45) is 0 Å². The van der Waals surface area contributed by atoms with E-state index < -0.39 is 170 Å². The third kappa shape index (κ3) is 31.7. The minimum absolute atomic E-state index is 0.0385. The molecule has 0 radical (unpaired) electrons. The molecule has 0 aliphatic rings. The van der Waals surface area contributed by atoms with E-state index in [4.69, 9.17) is 6.42 Å². The molecule has 5 amide bonds. The minimum atomic E-state index is -5.17. The number of hydrogen-bond acceptors (Lipinski definition) is 11. The van der Waals surface area contributed by atoms with E-state index in [-0.39, 0.29) is 83.7 Å². The first-order chi connectivity index (χ1) is 67.5. The largest absolute Gasteiger partial charge is 0.469 e. The van der Waals surface area contributed by atoms with Crippen molar-refractivity contribution in [2.45, 2.75) is 177 Å². The van der Waals surface area contributed by atoms with Crippen LogP contribution in [0.1, 0.15) is 189 Å². The van der Waals surface area contributed by atoms with E-state index in [0.717, 1.165) is 86.3 Å². The van der Waals surface area contributed by atoms with Crippen LogP contribution in [0.2, 0.25) is 0 Å². The Morgan fingerprint density at radius 3 is 1.13 bits per heavy atom. The van der Waals surface area contributed by atoms with Gasteiger partial charge in [0.1, 0.15) is 58.4 Å². The molecular formula is C105H98F22N6O10. The van der Waals surface area contributed by atoms with Crippen LogP contribution in [0, 0.1) is 47.2 Å². The summed E-state index contributed by atoms with van der Waals surface area (Å²) < 4.78 is 325. The highest BCUT2D eigenvalue weighted by Crippen LogP contribution is 2.45. The third-order valence-corrected chi connectivity index (χ3v) is 22.4. The molecule has 0 saturated carbocycles. The normalized spacial score (nSPS) is 13.6. The fraction of sp³-hybridized carbons (Fsp3) is 0.305. The van der Waals surface area contributed by atoms with Crippen LogP contribution in [0.4, 0.5) is 101 Å². The summed E-state index contributed by atoms with van der Waals surface area (Å²) in [7, 11) is 1.28. The lowest BCUT2D eigenvalue weighted by molar-refractivity contribution is -0.253. The molecule has 0 aliphatic carbocycles. The van der Waals surface area contributed by atoms with Crippen LogP contribution >= 0.6 is 0 Å². The molecule has 0 aromatic heterocycles. The van der Waals surface area contributed by atoms with Gasteiger partial charge in [0.2, 0.25) is 12.3 Å². The van der Waals surface area contributed by atoms with Gasteiger partial charge in [-0.3, -0.25) is 24.5 Å². The number of amides is 5. The second-order valence-electron chi connectivity index (χ2n) is 33.0. The molecule has 0 heterocycles. The second kappa shape index (κ2) is 50.5. The molecule has 11 aromatic carbocycles. The fourth-order valence-electron chi connectivity index (χ4n) is 15.0. The van der Waals surface area contributed by atoms with Crippen LogP contribution < -0.4 is 46.1 Å². The van der Waals surface area contributed by atoms with Crippen LogP contribution in [0.3, 0.4) is 0 Å². The molecule has 11 aromatic rings.